The van der Waals surface area contributed by atoms with Gasteiger partial charge in [0.1, 0.15) is 11.6 Å². The van der Waals surface area contributed by atoms with E-state index in [0.717, 1.165) is 10.8 Å². The minimum absolute atomic E-state index is 0.0170. The normalized spacial score (nSPS) is 13.8. The van der Waals surface area contributed by atoms with Crippen LogP contribution in [0.5, 0.6) is 5.75 Å². The van der Waals surface area contributed by atoms with Gasteiger partial charge in [-0.25, -0.2) is 4.39 Å². The molecule has 172 valence electrons. The topological polar surface area (TPSA) is 84.4 Å². The number of nitrogens with one attached hydrogen (secondary N) is 1. The third kappa shape index (κ3) is 3.57. The number of hydrogen-bond donors (Lipinski definition) is 1. The van der Waals surface area contributed by atoms with Crippen molar-refractivity contribution in [2.75, 3.05) is 20.2 Å². The average Bonchev–Trinajstić information content (AvgIpc) is 2.82. The van der Waals surface area contributed by atoms with Crippen LogP contribution < -0.4 is 15.9 Å². The molecule has 0 atom stereocenters. The number of amides is 1. The highest BCUT2D eigenvalue weighted by atomic mass is 19.1. The van der Waals surface area contributed by atoms with E-state index in [9.17, 15) is 14.4 Å². The summed E-state index contributed by atoms with van der Waals surface area (Å²) < 4.78 is 22.2. The van der Waals surface area contributed by atoms with Crippen molar-refractivity contribution in [1.29, 1.82) is 0 Å². The van der Waals surface area contributed by atoms with Crippen LogP contribution in [0, 0.1) is 11.7 Å². The molecule has 34 heavy (non-hydrogen) atoms. The lowest BCUT2D eigenvalue weighted by Gasteiger charge is -2.39. The molecule has 1 amide bonds. The molecular weight excluding hydrogens is 437 g/mol. The largest absolute Gasteiger partial charge is 0.497 e. The Balaban J connectivity index is 1.63. The predicted octanol–water partition coefficient (Wildman–Crippen LogP) is 3.30. The van der Waals surface area contributed by atoms with Gasteiger partial charge in [-0.1, -0.05) is 30.8 Å². The molecule has 1 aliphatic rings. The van der Waals surface area contributed by atoms with Crippen LogP contribution in [0.2, 0.25) is 0 Å². The van der Waals surface area contributed by atoms with Gasteiger partial charge in [-0.2, -0.15) is 0 Å². The molecule has 1 N–H and O–H groups in total. The Morgan fingerprint density at radius 2 is 1.94 bits per heavy atom. The predicted molar refractivity (Wildman–Crippen MR) is 129 cm³/mol. The van der Waals surface area contributed by atoms with Gasteiger partial charge in [0.2, 0.25) is 5.91 Å². The van der Waals surface area contributed by atoms with Gasteiger partial charge >= 0.3 is 11.1 Å². The van der Waals surface area contributed by atoms with Gasteiger partial charge in [-0.05, 0) is 40.6 Å². The number of benzene rings is 3. The molecular formula is C26H22FN3O4. The maximum absolute atomic E-state index is 15.5. The summed E-state index contributed by atoms with van der Waals surface area (Å²) in [5, 5.41) is 1.72. The summed E-state index contributed by atoms with van der Waals surface area (Å²) in [6, 6.07) is 14.0. The van der Waals surface area contributed by atoms with Gasteiger partial charge in [-0.15, -0.1) is 0 Å². The Morgan fingerprint density at radius 1 is 1.18 bits per heavy atom. The lowest BCUT2D eigenvalue weighted by Crippen LogP contribution is -2.52. The van der Waals surface area contributed by atoms with E-state index in [2.05, 4.69) is 11.6 Å². The van der Waals surface area contributed by atoms with Crippen molar-refractivity contribution in [1.82, 2.24) is 14.5 Å². The summed E-state index contributed by atoms with van der Waals surface area (Å²) in [5.41, 5.74) is 0.0250. The van der Waals surface area contributed by atoms with Gasteiger partial charge in [0, 0.05) is 37.2 Å². The number of carbonyl (C=O) groups excluding carboxylic acids is 1. The van der Waals surface area contributed by atoms with Crippen molar-refractivity contribution in [3.05, 3.63) is 87.7 Å². The van der Waals surface area contributed by atoms with Gasteiger partial charge in [-0.3, -0.25) is 14.4 Å². The monoisotopic (exact) mass is 459 g/mol. The molecule has 1 aliphatic heterocycles. The Kier molecular flexibility index (Phi) is 5.28. The number of likely N-dealkylation sites (tertiary alicyclic amines) is 1. The molecule has 3 aromatic carbocycles. The summed E-state index contributed by atoms with van der Waals surface area (Å²) in [6.45, 7) is 4.57. The number of halogens is 1. The summed E-state index contributed by atoms with van der Waals surface area (Å²) in [5.74, 6) is -0.143. The number of ether oxygens (including phenoxy) is 1. The molecule has 0 radical (unpaired) electrons. The Hall–Kier alpha value is -4.20. The first-order valence-electron chi connectivity index (χ1n) is 10.8. The molecule has 0 aliphatic carbocycles. The Bertz CT molecular complexity index is 1580. The molecule has 1 saturated heterocycles. The number of methoxy groups -OCH3 is 1. The fraction of sp³-hybridized carbons (Fsp3) is 0.192. The maximum atomic E-state index is 15.5. The lowest BCUT2D eigenvalue weighted by atomic mass is 9.96. The number of hydrogen-bond acceptors (Lipinski definition) is 4. The van der Waals surface area contributed by atoms with Crippen molar-refractivity contribution in [3.63, 3.8) is 0 Å². The molecule has 0 bridgehead atoms. The zero-order chi connectivity index (χ0) is 24.0. The van der Waals surface area contributed by atoms with Crippen molar-refractivity contribution in [2.24, 2.45) is 5.92 Å². The fourth-order valence-corrected chi connectivity index (χ4v) is 4.56. The van der Waals surface area contributed by atoms with E-state index in [4.69, 9.17) is 4.74 Å². The SMILES string of the molecule is C=CC(=O)N1CC(Cn2c(=O)c(=O)[nH]c3cc(-c4cc(OC)cc5ccccc45)c(F)cc32)C1. The quantitative estimate of drug-likeness (QED) is 0.367. The van der Waals surface area contributed by atoms with Crippen LogP contribution in [0.4, 0.5) is 4.39 Å². The van der Waals surface area contributed by atoms with Gasteiger partial charge in [0.05, 0.1) is 18.1 Å². The molecule has 0 spiro atoms. The number of aromatic amines is 1. The molecule has 1 aromatic heterocycles. The van der Waals surface area contributed by atoms with Crippen LogP contribution in [0.3, 0.4) is 0 Å². The van der Waals surface area contributed by atoms with E-state index in [-0.39, 0.29) is 23.9 Å². The fourth-order valence-electron chi connectivity index (χ4n) is 4.56. The molecule has 7 nitrogen and oxygen atoms in total. The molecule has 8 heteroatoms. The van der Waals surface area contributed by atoms with E-state index in [1.165, 1.54) is 16.7 Å². The highest BCUT2D eigenvalue weighted by Gasteiger charge is 2.30. The molecule has 0 saturated carbocycles. The van der Waals surface area contributed by atoms with E-state index in [0.29, 0.717) is 35.4 Å². The number of nitrogens with zero attached hydrogens (tertiary/aromatic N) is 2. The van der Waals surface area contributed by atoms with Crippen LogP contribution in [0.25, 0.3) is 32.9 Å². The standard InChI is InChI=1S/C26H22FN3O4/c1-3-24(31)29-12-15(13-29)14-30-23-11-21(27)20(10-22(23)28-25(32)26(30)33)19-9-17(34-2)8-16-6-4-5-7-18(16)19/h3-11,15H,1,12-14H2,2H3,(H,28,32). The van der Waals surface area contributed by atoms with E-state index < -0.39 is 16.9 Å². The van der Waals surface area contributed by atoms with Crippen molar-refractivity contribution in [2.45, 2.75) is 6.54 Å². The average molecular weight is 459 g/mol. The summed E-state index contributed by atoms with van der Waals surface area (Å²) in [4.78, 5) is 41.0. The van der Waals surface area contributed by atoms with E-state index >= 15 is 4.39 Å². The molecule has 2 heterocycles. The first-order valence-corrected chi connectivity index (χ1v) is 10.8. The van der Waals surface area contributed by atoms with E-state index in [1.807, 2.05) is 30.3 Å². The summed E-state index contributed by atoms with van der Waals surface area (Å²) in [6.07, 6.45) is 1.24. The maximum Gasteiger partial charge on any atom is 0.316 e. The van der Waals surface area contributed by atoms with Gasteiger partial charge < -0.3 is 19.2 Å². The van der Waals surface area contributed by atoms with Gasteiger partial charge in [0.15, 0.2) is 0 Å². The first kappa shape index (κ1) is 21.6. The third-order valence-corrected chi connectivity index (χ3v) is 6.31. The van der Waals surface area contributed by atoms with Crippen LogP contribution in [-0.2, 0) is 11.3 Å². The zero-order valence-electron chi connectivity index (χ0n) is 18.5. The number of aromatic nitrogens is 2. The second-order valence-corrected chi connectivity index (χ2v) is 8.43. The zero-order valence-corrected chi connectivity index (χ0v) is 18.5. The van der Waals surface area contributed by atoms with Crippen molar-refractivity contribution >= 4 is 27.7 Å². The summed E-state index contributed by atoms with van der Waals surface area (Å²) in [7, 11) is 1.55. The second-order valence-electron chi connectivity index (χ2n) is 8.43. The second kappa shape index (κ2) is 8.30. The summed E-state index contributed by atoms with van der Waals surface area (Å²) >= 11 is 0. The smallest absolute Gasteiger partial charge is 0.316 e. The molecule has 5 rings (SSSR count). The van der Waals surface area contributed by atoms with Crippen LogP contribution in [0.1, 0.15) is 0 Å². The Labute approximate surface area is 193 Å². The highest BCUT2D eigenvalue weighted by Crippen LogP contribution is 2.35. The van der Waals surface area contributed by atoms with Crippen LogP contribution in [0.15, 0.2) is 70.8 Å². The minimum atomic E-state index is -0.779. The lowest BCUT2D eigenvalue weighted by molar-refractivity contribution is -0.132. The van der Waals surface area contributed by atoms with Crippen LogP contribution >= 0.6 is 0 Å². The third-order valence-electron chi connectivity index (χ3n) is 6.31. The molecule has 0 unspecified atom stereocenters. The minimum Gasteiger partial charge on any atom is -0.497 e. The van der Waals surface area contributed by atoms with Crippen molar-refractivity contribution in [3.8, 4) is 16.9 Å². The number of fused-ring (bicyclic) bond motifs is 2. The molecule has 1 fully saturated rings. The first-order chi connectivity index (χ1) is 16.4. The van der Waals surface area contributed by atoms with Crippen molar-refractivity contribution < 1.29 is 13.9 Å². The Morgan fingerprint density at radius 3 is 2.68 bits per heavy atom. The highest BCUT2D eigenvalue weighted by molar-refractivity contribution is 5.99. The van der Waals surface area contributed by atoms with E-state index in [1.54, 1.807) is 24.1 Å². The van der Waals surface area contributed by atoms with Crippen LogP contribution in [-0.4, -0.2) is 40.6 Å². The molecule has 4 aromatic rings. The number of rotatable bonds is 5. The number of carbonyl (C=O) groups is 1. The number of H-pyrrole nitrogens is 1. The van der Waals surface area contributed by atoms with Gasteiger partial charge in [0.25, 0.3) is 0 Å².